The van der Waals surface area contributed by atoms with Crippen LogP contribution >= 0.6 is 0 Å². The van der Waals surface area contributed by atoms with Crippen LogP contribution in [-0.2, 0) is 22.7 Å². The molecule has 3 rings (SSSR count). The van der Waals surface area contributed by atoms with Crippen LogP contribution in [0.4, 0.5) is 0 Å². The molecule has 2 aliphatic rings. The van der Waals surface area contributed by atoms with E-state index in [1.807, 2.05) is 18.2 Å². The quantitative estimate of drug-likeness (QED) is 0.865. The van der Waals surface area contributed by atoms with Crippen LogP contribution in [0.15, 0.2) is 18.2 Å². The smallest absolute Gasteiger partial charge is 0.251 e. The van der Waals surface area contributed by atoms with Gasteiger partial charge in [-0.2, -0.15) is 0 Å². The minimum atomic E-state index is -0.0105. The summed E-state index contributed by atoms with van der Waals surface area (Å²) in [6.07, 6.45) is 2.05. The third-order valence-corrected chi connectivity index (χ3v) is 4.72. The Hall–Kier alpha value is -1.43. The van der Waals surface area contributed by atoms with Gasteiger partial charge in [0.05, 0.1) is 19.8 Å². The van der Waals surface area contributed by atoms with Crippen molar-refractivity contribution in [3.63, 3.8) is 0 Å². The molecule has 5 nitrogen and oxygen atoms in total. The molecule has 1 saturated heterocycles. The fourth-order valence-corrected chi connectivity index (χ4v) is 3.32. The Bertz CT molecular complexity index is 533. The van der Waals surface area contributed by atoms with Gasteiger partial charge in [-0.3, -0.25) is 4.79 Å². The van der Waals surface area contributed by atoms with E-state index in [0.29, 0.717) is 31.9 Å². The van der Waals surface area contributed by atoms with Gasteiger partial charge in [0.15, 0.2) is 0 Å². The predicted octanol–water partition coefficient (Wildman–Crippen LogP) is 1.46. The molecule has 1 aromatic carbocycles. The summed E-state index contributed by atoms with van der Waals surface area (Å²) in [6, 6.07) is 5.82. The molecule has 2 N–H and O–H groups in total. The molecule has 0 aliphatic carbocycles. The zero-order chi connectivity index (χ0) is 15.4. The van der Waals surface area contributed by atoms with Gasteiger partial charge in [0, 0.05) is 24.6 Å². The highest BCUT2D eigenvalue weighted by Gasteiger charge is 2.32. The minimum absolute atomic E-state index is 0.0105. The number of ether oxygens (including phenoxy) is 2. The standard InChI is InChI=1S/C17H24N2O3/c1-21-12-17(4-6-18-7-5-17)11-19-16(20)13-2-3-14-9-22-10-15(14)8-13/h2-3,8,18H,4-7,9-12H2,1H3,(H,19,20). The molecule has 1 amide bonds. The molecule has 1 aromatic rings. The number of hydrogen-bond donors (Lipinski definition) is 2. The number of nitrogens with one attached hydrogen (secondary N) is 2. The van der Waals surface area contributed by atoms with Gasteiger partial charge >= 0.3 is 0 Å². The Balaban J connectivity index is 1.63. The zero-order valence-electron chi connectivity index (χ0n) is 13.1. The van der Waals surface area contributed by atoms with Crippen molar-refractivity contribution in [2.45, 2.75) is 26.1 Å². The Morgan fingerprint density at radius 3 is 2.86 bits per heavy atom. The molecule has 0 saturated carbocycles. The summed E-state index contributed by atoms with van der Waals surface area (Å²) in [5, 5.41) is 6.46. The number of hydrogen-bond acceptors (Lipinski definition) is 4. The lowest BCUT2D eigenvalue weighted by molar-refractivity contribution is 0.0511. The minimum Gasteiger partial charge on any atom is -0.384 e. The van der Waals surface area contributed by atoms with E-state index in [1.165, 1.54) is 5.56 Å². The number of amides is 1. The first-order valence-electron chi connectivity index (χ1n) is 7.90. The van der Waals surface area contributed by atoms with Crippen molar-refractivity contribution in [2.24, 2.45) is 5.41 Å². The van der Waals surface area contributed by atoms with Gasteiger partial charge in [0.25, 0.3) is 5.91 Å². The van der Waals surface area contributed by atoms with E-state index in [1.54, 1.807) is 7.11 Å². The molecular weight excluding hydrogens is 280 g/mol. The third kappa shape index (κ3) is 3.32. The molecule has 22 heavy (non-hydrogen) atoms. The number of carbonyl (C=O) groups excluding carboxylic acids is 1. The molecule has 5 heteroatoms. The Labute approximate surface area is 131 Å². The topological polar surface area (TPSA) is 59.6 Å². The number of fused-ring (bicyclic) bond motifs is 1. The molecule has 1 fully saturated rings. The van der Waals surface area contributed by atoms with Gasteiger partial charge in [-0.05, 0) is 49.2 Å². The molecule has 2 heterocycles. The van der Waals surface area contributed by atoms with Crippen molar-refractivity contribution in [3.8, 4) is 0 Å². The predicted molar refractivity (Wildman–Crippen MR) is 83.7 cm³/mol. The van der Waals surface area contributed by atoms with Crippen molar-refractivity contribution in [3.05, 3.63) is 34.9 Å². The molecule has 120 valence electrons. The van der Waals surface area contributed by atoms with Crippen molar-refractivity contribution < 1.29 is 14.3 Å². The van der Waals surface area contributed by atoms with Crippen LogP contribution in [0.5, 0.6) is 0 Å². The van der Waals surface area contributed by atoms with Crippen LogP contribution in [0.25, 0.3) is 0 Å². The van der Waals surface area contributed by atoms with Crippen LogP contribution in [-0.4, -0.2) is 39.3 Å². The average Bonchev–Trinajstić information content (AvgIpc) is 3.01. The Morgan fingerprint density at radius 1 is 1.32 bits per heavy atom. The number of methoxy groups -OCH3 is 1. The van der Waals surface area contributed by atoms with E-state index in [9.17, 15) is 4.79 Å². The molecule has 0 radical (unpaired) electrons. The fraction of sp³-hybridized carbons (Fsp3) is 0.588. The van der Waals surface area contributed by atoms with Crippen molar-refractivity contribution >= 4 is 5.91 Å². The summed E-state index contributed by atoms with van der Waals surface area (Å²) in [5.41, 5.74) is 3.08. The molecular formula is C17H24N2O3. The first-order valence-corrected chi connectivity index (χ1v) is 7.90. The van der Waals surface area contributed by atoms with Crippen LogP contribution in [0.1, 0.15) is 34.3 Å². The van der Waals surface area contributed by atoms with Gasteiger partial charge in [-0.15, -0.1) is 0 Å². The second-order valence-electron chi connectivity index (χ2n) is 6.34. The number of benzene rings is 1. The number of piperidine rings is 1. The maximum atomic E-state index is 12.4. The highest BCUT2D eigenvalue weighted by atomic mass is 16.5. The summed E-state index contributed by atoms with van der Waals surface area (Å²) >= 11 is 0. The summed E-state index contributed by atoms with van der Waals surface area (Å²) in [5.74, 6) is -0.0105. The Morgan fingerprint density at radius 2 is 2.09 bits per heavy atom. The van der Waals surface area contributed by atoms with Gasteiger partial charge in [-0.25, -0.2) is 0 Å². The molecule has 0 atom stereocenters. The van der Waals surface area contributed by atoms with E-state index in [0.717, 1.165) is 31.5 Å². The van der Waals surface area contributed by atoms with Crippen molar-refractivity contribution in [2.75, 3.05) is 33.4 Å². The lowest BCUT2D eigenvalue weighted by atomic mass is 9.79. The van der Waals surface area contributed by atoms with Gasteiger partial charge in [0.1, 0.15) is 0 Å². The lowest BCUT2D eigenvalue weighted by Gasteiger charge is -2.37. The van der Waals surface area contributed by atoms with Crippen LogP contribution < -0.4 is 10.6 Å². The highest BCUT2D eigenvalue weighted by Crippen LogP contribution is 2.28. The molecule has 2 aliphatic heterocycles. The van der Waals surface area contributed by atoms with E-state index >= 15 is 0 Å². The lowest BCUT2D eigenvalue weighted by Crippen LogP contribution is -2.47. The Kier molecular flexibility index (Phi) is 4.76. The van der Waals surface area contributed by atoms with E-state index in [2.05, 4.69) is 10.6 Å². The van der Waals surface area contributed by atoms with Gasteiger partial charge in [0.2, 0.25) is 0 Å². The second kappa shape index (κ2) is 6.77. The van der Waals surface area contributed by atoms with Crippen molar-refractivity contribution in [1.29, 1.82) is 0 Å². The van der Waals surface area contributed by atoms with Crippen LogP contribution in [0.3, 0.4) is 0 Å². The normalized spacial score (nSPS) is 19.7. The van der Waals surface area contributed by atoms with Crippen molar-refractivity contribution in [1.82, 2.24) is 10.6 Å². The summed E-state index contributed by atoms with van der Waals surface area (Å²) in [6.45, 7) is 4.57. The first-order chi connectivity index (χ1) is 10.7. The largest absolute Gasteiger partial charge is 0.384 e. The SMILES string of the molecule is COCC1(CNC(=O)c2ccc3c(c2)COC3)CCNCC1. The molecule has 0 bridgehead atoms. The maximum absolute atomic E-state index is 12.4. The first kappa shape index (κ1) is 15.5. The summed E-state index contributed by atoms with van der Waals surface area (Å²) < 4.78 is 10.8. The maximum Gasteiger partial charge on any atom is 0.251 e. The third-order valence-electron chi connectivity index (χ3n) is 4.72. The zero-order valence-corrected chi connectivity index (χ0v) is 13.1. The van der Waals surface area contributed by atoms with Gasteiger partial charge in [-0.1, -0.05) is 6.07 Å². The van der Waals surface area contributed by atoms with E-state index in [4.69, 9.17) is 9.47 Å². The second-order valence-corrected chi connectivity index (χ2v) is 6.34. The van der Waals surface area contributed by atoms with E-state index in [-0.39, 0.29) is 11.3 Å². The summed E-state index contributed by atoms with van der Waals surface area (Å²) in [7, 11) is 1.73. The van der Waals surface area contributed by atoms with Crippen LogP contribution in [0.2, 0.25) is 0 Å². The summed E-state index contributed by atoms with van der Waals surface area (Å²) in [4.78, 5) is 12.4. The monoisotopic (exact) mass is 304 g/mol. The fourth-order valence-electron chi connectivity index (χ4n) is 3.32. The molecule has 0 unspecified atom stereocenters. The average molecular weight is 304 g/mol. The van der Waals surface area contributed by atoms with Gasteiger partial charge < -0.3 is 20.1 Å². The number of carbonyl (C=O) groups is 1. The van der Waals surface area contributed by atoms with Crippen LogP contribution in [0, 0.1) is 5.41 Å². The molecule has 0 aromatic heterocycles. The highest BCUT2D eigenvalue weighted by molar-refractivity contribution is 5.94. The number of rotatable bonds is 5. The molecule has 0 spiro atoms. The van der Waals surface area contributed by atoms with E-state index < -0.39 is 0 Å².